The molecular formula is C39H65N3O32S. The number of carbonyl (C=O) groups excluding carboxylic acids is 3. The van der Waals surface area contributed by atoms with E-state index in [1.54, 1.807) is 0 Å². The summed E-state index contributed by atoms with van der Waals surface area (Å²) in [6, 6.07) is -5.21. The largest absolute Gasteiger partial charge is 0.477 e. The van der Waals surface area contributed by atoms with Gasteiger partial charge in [0.05, 0.1) is 45.2 Å². The summed E-state index contributed by atoms with van der Waals surface area (Å²) in [4.78, 5) is 49.8. The number of aliphatic hydroxyl groups excluding tert-OH is 14. The van der Waals surface area contributed by atoms with E-state index in [1.807, 2.05) is 0 Å². The number of hydrogen-bond donors (Lipinski definition) is 19. The molecule has 0 radical (unpaired) electrons. The third-order valence-electron chi connectivity index (χ3n) is 12.7. The first-order valence-corrected chi connectivity index (χ1v) is 24.2. The molecule has 0 saturated carbocycles. The second kappa shape index (κ2) is 26.2. The molecule has 0 aromatic carbocycles. The van der Waals surface area contributed by atoms with Crippen molar-refractivity contribution in [3.05, 3.63) is 0 Å². The Balaban J connectivity index is 1.39. The summed E-state index contributed by atoms with van der Waals surface area (Å²) in [6.07, 6.45) is -46.8. The quantitative estimate of drug-likeness (QED) is 0.0475. The number of ether oxygens (including phenoxy) is 9. The lowest BCUT2D eigenvalue weighted by atomic mass is 9.88. The van der Waals surface area contributed by atoms with Gasteiger partial charge in [0.25, 0.3) is 5.79 Å². The van der Waals surface area contributed by atoms with Gasteiger partial charge in [-0.3, -0.25) is 18.9 Å². The van der Waals surface area contributed by atoms with Crippen LogP contribution in [0.3, 0.4) is 0 Å². The smallest absolute Gasteiger partial charge is 0.397 e. The molecule has 5 saturated heterocycles. The fourth-order valence-electron chi connectivity index (χ4n) is 9.08. The van der Waals surface area contributed by atoms with Crippen molar-refractivity contribution in [1.29, 1.82) is 0 Å². The number of aliphatic hydroxyl groups is 14. The summed E-state index contributed by atoms with van der Waals surface area (Å²) in [5.74, 6) is -7.86. The minimum Gasteiger partial charge on any atom is -0.477 e. The van der Waals surface area contributed by atoms with E-state index >= 15 is 0 Å². The highest BCUT2D eigenvalue weighted by Crippen LogP contribution is 2.39. The third kappa shape index (κ3) is 14.6. The van der Waals surface area contributed by atoms with Gasteiger partial charge in [0.15, 0.2) is 25.2 Å². The van der Waals surface area contributed by atoms with Crippen LogP contribution in [0.25, 0.3) is 0 Å². The lowest BCUT2D eigenvalue weighted by molar-refractivity contribution is -0.381. The van der Waals surface area contributed by atoms with Crippen LogP contribution >= 0.6 is 0 Å². The summed E-state index contributed by atoms with van der Waals surface area (Å²) in [5, 5.41) is 168. The van der Waals surface area contributed by atoms with E-state index in [0.717, 1.165) is 20.8 Å². The average Bonchev–Trinajstić information content (AvgIpc) is 3.33. The van der Waals surface area contributed by atoms with E-state index in [9.17, 15) is 109 Å². The Morgan fingerprint density at radius 3 is 1.60 bits per heavy atom. The van der Waals surface area contributed by atoms with Crippen LogP contribution in [0.5, 0.6) is 0 Å². The van der Waals surface area contributed by atoms with Gasteiger partial charge in [-0.1, -0.05) is 0 Å². The summed E-state index contributed by atoms with van der Waals surface area (Å²) >= 11 is 0. The number of carboxylic acid groups (broad SMARTS) is 1. The highest BCUT2D eigenvalue weighted by molar-refractivity contribution is 7.80. The Bertz CT molecular complexity index is 2030. The first-order valence-electron chi connectivity index (χ1n) is 22.9. The van der Waals surface area contributed by atoms with Gasteiger partial charge in [0.2, 0.25) is 17.7 Å². The zero-order valence-corrected chi connectivity index (χ0v) is 40.6. The molecule has 5 aliphatic rings. The number of aliphatic carboxylic acids is 1. The van der Waals surface area contributed by atoms with Gasteiger partial charge in [0, 0.05) is 27.2 Å². The van der Waals surface area contributed by atoms with Crippen molar-refractivity contribution in [2.75, 3.05) is 33.0 Å². The molecule has 0 aromatic heterocycles. The van der Waals surface area contributed by atoms with Gasteiger partial charge in [-0.2, -0.15) is 8.42 Å². The molecule has 36 heteroatoms. The van der Waals surface area contributed by atoms with Crippen LogP contribution in [0.15, 0.2) is 0 Å². The number of carboxylic acids is 1. The number of carbonyl (C=O) groups is 4. The van der Waals surface area contributed by atoms with Gasteiger partial charge in [-0.25, -0.2) is 8.98 Å². The second-order valence-electron chi connectivity index (χ2n) is 18.1. The fourth-order valence-corrected chi connectivity index (χ4v) is 9.59. The predicted molar refractivity (Wildman–Crippen MR) is 229 cm³/mol. The average molecular weight is 1120 g/mol. The minimum atomic E-state index is -5.37. The van der Waals surface area contributed by atoms with Gasteiger partial charge in [-0.15, -0.1) is 0 Å². The maximum absolute atomic E-state index is 13.0. The minimum absolute atomic E-state index is 0.829. The van der Waals surface area contributed by atoms with Crippen LogP contribution < -0.4 is 16.0 Å². The Kier molecular flexibility index (Phi) is 21.9. The van der Waals surface area contributed by atoms with Crippen LogP contribution in [-0.4, -0.2) is 305 Å². The van der Waals surface area contributed by atoms with Gasteiger partial charge >= 0.3 is 16.4 Å². The van der Waals surface area contributed by atoms with Gasteiger partial charge in [-0.05, 0) is 0 Å². The lowest BCUT2D eigenvalue weighted by Crippen LogP contribution is -2.71. The highest BCUT2D eigenvalue weighted by atomic mass is 32.3. The number of rotatable bonds is 21. The van der Waals surface area contributed by atoms with Crippen LogP contribution in [0.2, 0.25) is 0 Å². The van der Waals surface area contributed by atoms with Crippen molar-refractivity contribution in [1.82, 2.24) is 16.0 Å². The van der Waals surface area contributed by atoms with Crippen LogP contribution in [0, 0.1) is 0 Å². The summed E-state index contributed by atoms with van der Waals surface area (Å²) in [7, 11) is -5.37. The molecule has 0 unspecified atom stereocenters. The van der Waals surface area contributed by atoms with Gasteiger partial charge in [0.1, 0.15) is 116 Å². The normalized spacial score (nSPS) is 43.5. The SMILES string of the molecule is CC(=O)N[C@@H]1[C@@H](O[C@@H]2O[C@H](CO)[C@H](O)[C@H](O[C@]3(C(=O)O)C[C@H](O)[C@@H](NC(C)=O)[C@H]([C@H](O)[C@H](O)CO)O3)[C@H]2O)[C@@H](O)[C@@H](CO[C@@H]2O[C@H](CO)[C@@H](O[C@@H]3O[C@H](CO)[C@H](O)[C@H](OS(=O)(=O)O)[C@H]3O)[C@H](O)[C@H]2NC(C)=O)O[C@H]1O. The molecule has 19 N–H and O–H groups in total. The third-order valence-corrected chi connectivity index (χ3v) is 13.1. The maximum Gasteiger partial charge on any atom is 0.397 e. The molecule has 0 spiro atoms. The summed E-state index contributed by atoms with van der Waals surface area (Å²) < 4.78 is 87.4. The van der Waals surface area contributed by atoms with Crippen LogP contribution in [0.4, 0.5) is 0 Å². The Morgan fingerprint density at radius 1 is 0.613 bits per heavy atom. The van der Waals surface area contributed by atoms with E-state index in [0.29, 0.717) is 0 Å². The maximum atomic E-state index is 13.0. The Labute approximate surface area is 424 Å². The van der Waals surface area contributed by atoms with Crippen molar-refractivity contribution < 1.29 is 156 Å². The molecule has 26 atom stereocenters. The molecule has 5 aliphatic heterocycles. The van der Waals surface area contributed by atoms with E-state index in [-0.39, 0.29) is 0 Å². The van der Waals surface area contributed by atoms with Crippen LogP contribution in [0.1, 0.15) is 27.2 Å². The topological polar surface area (TPSA) is 554 Å². The molecule has 5 rings (SSSR count). The molecule has 5 fully saturated rings. The molecule has 0 bridgehead atoms. The second-order valence-corrected chi connectivity index (χ2v) is 19.2. The fraction of sp³-hybridized carbons (Fsp3) is 0.897. The van der Waals surface area contributed by atoms with E-state index < -0.39 is 232 Å². The standard InChI is InChI=1S/C39H65N3O32S/c1-10(47)40-19-13(50)4-39(38(60)61,72-31(19)22(52)14(51)5-43)73-32-23(53)15(6-44)67-36(27(32)57)71-30-21(42-12(3)49)34(59)66-18(25(30)55)9-65-35-20(41-11(2)48)26(56)29(17(8-46)69-35)70-37-28(58)33(74-75(62,63)64)24(54)16(7-45)68-37/h13-37,43-46,50-59H,4-9H2,1-3H3,(H,40,47)(H,41,48)(H,42,49)(H,60,61)(H,62,63,64)/t13-,14+,15+,16+,17+,18+,19+,20+,21+,22+,23-,24-,25-,26+,27+,28+,29+,30+,31+,32-,33-,34+,35+,36-,37-,39-/m0/s1. The summed E-state index contributed by atoms with van der Waals surface area (Å²) in [5.41, 5.74) is 0. The van der Waals surface area contributed by atoms with E-state index in [2.05, 4.69) is 20.1 Å². The Morgan fingerprint density at radius 2 is 1.09 bits per heavy atom. The van der Waals surface area contributed by atoms with Crippen molar-refractivity contribution in [3.8, 4) is 0 Å². The molecule has 0 aromatic rings. The first kappa shape index (κ1) is 62.7. The number of nitrogens with one attached hydrogen (secondary N) is 3. The van der Waals surface area contributed by atoms with Crippen molar-refractivity contribution in [2.45, 2.75) is 186 Å². The molecule has 0 aliphatic carbocycles. The predicted octanol–water partition coefficient (Wildman–Crippen LogP) is -12.5. The van der Waals surface area contributed by atoms with Gasteiger partial charge < -0.3 is 135 Å². The molecule has 35 nitrogen and oxygen atoms in total. The molecule has 75 heavy (non-hydrogen) atoms. The monoisotopic (exact) mass is 1120 g/mol. The molecular weight excluding hydrogens is 1050 g/mol. The number of hydrogen-bond acceptors (Lipinski definition) is 30. The molecule has 434 valence electrons. The van der Waals surface area contributed by atoms with Crippen molar-refractivity contribution in [3.63, 3.8) is 0 Å². The molecule has 3 amide bonds. The lowest BCUT2D eigenvalue weighted by Gasteiger charge is -2.51. The summed E-state index contributed by atoms with van der Waals surface area (Å²) in [6.45, 7) is -2.39. The highest BCUT2D eigenvalue weighted by Gasteiger charge is 2.61. The van der Waals surface area contributed by atoms with E-state index in [4.69, 9.17) is 42.6 Å². The van der Waals surface area contributed by atoms with E-state index in [1.165, 1.54) is 0 Å². The number of amides is 3. The van der Waals surface area contributed by atoms with Crippen LogP contribution in [-0.2, 0) is 76.4 Å². The Hall–Kier alpha value is -3.17. The zero-order chi connectivity index (χ0) is 56.2. The molecule has 5 heterocycles. The van der Waals surface area contributed by atoms with Crippen molar-refractivity contribution >= 4 is 34.1 Å². The zero-order valence-electron chi connectivity index (χ0n) is 39.8. The van der Waals surface area contributed by atoms with Crippen molar-refractivity contribution in [2.24, 2.45) is 0 Å². The first-order chi connectivity index (χ1) is 35.0.